The summed E-state index contributed by atoms with van der Waals surface area (Å²) in [5.41, 5.74) is 8.82. The largest absolute Gasteiger partial charge is 0.491 e. The van der Waals surface area contributed by atoms with Gasteiger partial charge < -0.3 is 20.3 Å². The number of nitrogens with zero attached hydrogens (tertiary/aromatic N) is 2. The second-order valence-corrected chi connectivity index (χ2v) is 5.76. The van der Waals surface area contributed by atoms with E-state index in [1.807, 2.05) is 52.0 Å². The molecule has 6 nitrogen and oxygen atoms in total. The maximum absolute atomic E-state index is 5.98. The van der Waals surface area contributed by atoms with Crippen LogP contribution in [-0.4, -0.2) is 17.2 Å². The average molecular weight is 330 g/mol. The molecule has 0 atom stereocenters. The van der Waals surface area contributed by atoms with E-state index in [1.54, 1.807) is 0 Å². The van der Waals surface area contributed by atoms with Crippen molar-refractivity contribution in [3.05, 3.63) is 41.3 Å². The number of aliphatic imine (C=N–C) groups is 1. The average Bonchev–Trinajstić information content (AvgIpc) is 2.96. The maximum Gasteiger partial charge on any atom is 0.193 e. The van der Waals surface area contributed by atoms with Crippen LogP contribution < -0.4 is 15.8 Å². The highest BCUT2D eigenvalue weighted by molar-refractivity contribution is 5.92. The lowest BCUT2D eigenvalue weighted by molar-refractivity contribution is 0.242. The van der Waals surface area contributed by atoms with E-state index in [-0.39, 0.29) is 6.10 Å². The first kappa shape index (κ1) is 17.8. The van der Waals surface area contributed by atoms with Crippen molar-refractivity contribution >= 4 is 11.6 Å². The van der Waals surface area contributed by atoms with E-state index in [0.29, 0.717) is 12.5 Å². The third kappa shape index (κ3) is 4.75. The number of guanidine groups is 1. The molecular formula is C18H26N4O2. The molecule has 6 heteroatoms. The molecule has 0 fully saturated rings. The third-order valence-corrected chi connectivity index (χ3v) is 3.51. The molecule has 24 heavy (non-hydrogen) atoms. The second-order valence-electron chi connectivity index (χ2n) is 5.76. The number of rotatable bonds is 7. The Kier molecular flexibility index (Phi) is 6.23. The predicted molar refractivity (Wildman–Crippen MR) is 96.4 cm³/mol. The van der Waals surface area contributed by atoms with Crippen LogP contribution in [0.2, 0.25) is 0 Å². The van der Waals surface area contributed by atoms with Gasteiger partial charge in [-0.15, -0.1) is 0 Å². The highest BCUT2D eigenvalue weighted by Gasteiger charge is 2.12. The first-order chi connectivity index (χ1) is 11.5. The highest BCUT2D eigenvalue weighted by atomic mass is 16.5. The fourth-order valence-electron chi connectivity index (χ4n) is 2.36. The second kappa shape index (κ2) is 8.38. The van der Waals surface area contributed by atoms with Crippen LogP contribution in [0.3, 0.4) is 0 Å². The van der Waals surface area contributed by atoms with Crippen molar-refractivity contribution in [3.8, 4) is 5.75 Å². The van der Waals surface area contributed by atoms with Crippen LogP contribution in [0.1, 0.15) is 44.7 Å². The lowest BCUT2D eigenvalue weighted by Crippen LogP contribution is -2.22. The van der Waals surface area contributed by atoms with Gasteiger partial charge in [-0.2, -0.15) is 0 Å². The number of hydrogen-bond donors (Lipinski definition) is 2. The van der Waals surface area contributed by atoms with Gasteiger partial charge in [0.05, 0.1) is 18.3 Å². The summed E-state index contributed by atoms with van der Waals surface area (Å²) in [5.74, 6) is 2.06. The van der Waals surface area contributed by atoms with E-state index in [9.17, 15) is 0 Å². The number of ether oxygens (including phenoxy) is 1. The number of aryl methyl sites for hydroxylation is 2. The molecule has 2 rings (SSSR count). The topological polar surface area (TPSA) is 85.7 Å². The van der Waals surface area contributed by atoms with Crippen LogP contribution >= 0.6 is 0 Å². The first-order valence-corrected chi connectivity index (χ1v) is 8.33. The van der Waals surface area contributed by atoms with Gasteiger partial charge in [0, 0.05) is 17.7 Å². The van der Waals surface area contributed by atoms with E-state index < -0.39 is 0 Å². The molecule has 2 aromatic rings. The van der Waals surface area contributed by atoms with Gasteiger partial charge in [-0.1, -0.05) is 19.0 Å². The summed E-state index contributed by atoms with van der Waals surface area (Å²) in [6, 6.07) is 7.63. The monoisotopic (exact) mass is 330 g/mol. The zero-order valence-corrected chi connectivity index (χ0v) is 14.8. The van der Waals surface area contributed by atoms with Gasteiger partial charge in [-0.25, -0.2) is 4.99 Å². The van der Waals surface area contributed by atoms with Crippen molar-refractivity contribution in [2.75, 3.05) is 5.32 Å². The van der Waals surface area contributed by atoms with Gasteiger partial charge in [-0.3, -0.25) is 0 Å². The van der Waals surface area contributed by atoms with Crippen LogP contribution in [0.15, 0.2) is 33.8 Å². The molecule has 130 valence electrons. The normalized spacial score (nSPS) is 11.8. The van der Waals surface area contributed by atoms with E-state index in [1.165, 1.54) is 0 Å². The Morgan fingerprint density at radius 2 is 1.96 bits per heavy atom. The Balaban J connectivity index is 2.00. The zero-order chi connectivity index (χ0) is 17.5. The molecule has 0 saturated carbocycles. The maximum atomic E-state index is 5.98. The molecule has 0 spiro atoms. The summed E-state index contributed by atoms with van der Waals surface area (Å²) < 4.78 is 11.0. The fraction of sp³-hybridized carbons (Fsp3) is 0.444. The fourth-order valence-corrected chi connectivity index (χ4v) is 2.36. The van der Waals surface area contributed by atoms with Crippen molar-refractivity contribution in [1.29, 1.82) is 0 Å². The lowest BCUT2D eigenvalue weighted by atomic mass is 10.1. The van der Waals surface area contributed by atoms with Crippen LogP contribution in [0, 0.1) is 0 Å². The number of aromatic nitrogens is 1. The van der Waals surface area contributed by atoms with Crippen LogP contribution in [0.4, 0.5) is 5.69 Å². The van der Waals surface area contributed by atoms with Crippen LogP contribution in [0.5, 0.6) is 5.75 Å². The number of nitrogens with one attached hydrogen (secondary N) is 1. The highest BCUT2D eigenvalue weighted by Crippen LogP contribution is 2.18. The molecule has 3 N–H and O–H groups in total. The predicted octanol–water partition coefficient (Wildman–Crippen LogP) is 3.51. The number of nitrogens with two attached hydrogens (primary N) is 1. The van der Waals surface area contributed by atoms with E-state index in [4.69, 9.17) is 15.0 Å². The van der Waals surface area contributed by atoms with Gasteiger partial charge in [0.15, 0.2) is 5.96 Å². The van der Waals surface area contributed by atoms with Gasteiger partial charge in [-0.05, 0) is 44.5 Å². The summed E-state index contributed by atoms with van der Waals surface area (Å²) in [6.07, 6.45) is 1.76. The summed E-state index contributed by atoms with van der Waals surface area (Å²) >= 11 is 0. The molecule has 1 aromatic carbocycles. The number of anilines is 1. The molecule has 0 bridgehead atoms. The molecule has 0 unspecified atom stereocenters. The summed E-state index contributed by atoms with van der Waals surface area (Å²) in [5, 5.41) is 7.16. The standard InChI is InChI=1S/C18H26N4O2/c1-5-16-15(17(6-2)24-22-16)11-20-18(19)21-13-7-9-14(10-8-13)23-12(3)4/h7-10,12H,5-6,11H2,1-4H3,(H3,19,20,21). The first-order valence-electron chi connectivity index (χ1n) is 8.33. The summed E-state index contributed by atoms with van der Waals surface area (Å²) in [6.45, 7) is 8.54. The molecule has 0 amide bonds. The molecule has 0 aliphatic rings. The quantitative estimate of drug-likeness (QED) is 0.599. The molecule has 1 aromatic heterocycles. The SMILES string of the molecule is CCc1noc(CC)c1CN=C(N)Nc1ccc(OC(C)C)cc1. The van der Waals surface area contributed by atoms with Gasteiger partial charge in [0.1, 0.15) is 11.5 Å². The third-order valence-electron chi connectivity index (χ3n) is 3.51. The molecule has 0 aliphatic carbocycles. The summed E-state index contributed by atoms with van der Waals surface area (Å²) in [4.78, 5) is 4.40. The molecular weight excluding hydrogens is 304 g/mol. The van der Waals surface area contributed by atoms with E-state index >= 15 is 0 Å². The Morgan fingerprint density at radius 3 is 2.54 bits per heavy atom. The van der Waals surface area contributed by atoms with Crippen LogP contribution in [-0.2, 0) is 19.4 Å². The van der Waals surface area contributed by atoms with Gasteiger partial charge in [0.25, 0.3) is 0 Å². The molecule has 0 radical (unpaired) electrons. The summed E-state index contributed by atoms with van der Waals surface area (Å²) in [7, 11) is 0. The van der Waals surface area contributed by atoms with Crippen molar-refractivity contribution < 1.29 is 9.26 Å². The van der Waals surface area contributed by atoms with Crippen molar-refractivity contribution in [1.82, 2.24) is 5.16 Å². The Labute approximate surface area is 143 Å². The molecule has 0 aliphatic heterocycles. The van der Waals surface area contributed by atoms with E-state index in [0.717, 1.165) is 41.3 Å². The van der Waals surface area contributed by atoms with Crippen LogP contribution in [0.25, 0.3) is 0 Å². The minimum absolute atomic E-state index is 0.152. The lowest BCUT2D eigenvalue weighted by Gasteiger charge is -2.11. The Hall–Kier alpha value is -2.50. The van der Waals surface area contributed by atoms with Gasteiger partial charge >= 0.3 is 0 Å². The zero-order valence-electron chi connectivity index (χ0n) is 14.8. The number of hydrogen-bond acceptors (Lipinski definition) is 4. The van der Waals surface area contributed by atoms with Crippen molar-refractivity contribution in [2.45, 2.75) is 53.2 Å². The number of benzene rings is 1. The van der Waals surface area contributed by atoms with Gasteiger partial charge in [0.2, 0.25) is 0 Å². The Bertz CT molecular complexity index is 653. The smallest absolute Gasteiger partial charge is 0.193 e. The van der Waals surface area contributed by atoms with Crippen molar-refractivity contribution in [3.63, 3.8) is 0 Å². The molecule has 1 heterocycles. The Morgan fingerprint density at radius 1 is 1.25 bits per heavy atom. The van der Waals surface area contributed by atoms with Crippen molar-refractivity contribution in [2.24, 2.45) is 10.7 Å². The minimum atomic E-state index is 0.152. The molecule has 0 saturated heterocycles. The minimum Gasteiger partial charge on any atom is -0.491 e. The van der Waals surface area contributed by atoms with E-state index in [2.05, 4.69) is 15.5 Å².